The molecule has 170 valence electrons. The maximum Gasteiger partial charge on any atom is 0.171 e. The van der Waals surface area contributed by atoms with E-state index in [1.165, 1.54) is 31.2 Å². The molecule has 32 heavy (non-hydrogen) atoms. The maximum atomic E-state index is 14.6. The lowest BCUT2D eigenvalue weighted by atomic mass is 9.72. The Morgan fingerprint density at radius 1 is 0.625 bits per heavy atom. The molecule has 3 atom stereocenters. The predicted molar refractivity (Wildman–Crippen MR) is 141 cm³/mol. The molecule has 0 aliphatic carbocycles. The summed E-state index contributed by atoms with van der Waals surface area (Å²) in [6.07, 6.45) is 6.17. The molecular formula is C30H39OP. The number of hydrogen-bond acceptors (Lipinski definition) is 1. The Labute approximate surface area is 195 Å². The molecule has 0 radical (unpaired) electrons. The van der Waals surface area contributed by atoms with Gasteiger partial charge in [-0.1, -0.05) is 138 Å². The van der Waals surface area contributed by atoms with Crippen molar-refractivity contribution in [1.29, 1.82) is 0 Å². The maximum absolute atomic E-state index is 14.6. The van der Waals surface area contributed by atoms with Gasteiger partial charge in [0.05, 0.1) is 0 Å². The van der Waals surface area contributed by atoms with Crippen LogP contribution in [0, 0.1) is 11.8 Å². The van der Waals surface area contributed by atoms with Gasteiger partial charge in [-0.05, 0) is 29.7 Å². The fraction of sp³-hybridized carbons (Fsp3) is 0.400. The highest BCUT2D eigenvalue weighted by Crippen LogP contribution is 2.43. The Morgan fingerprint density at radius 2 is 1.12 bits per heavy atom. The van der Waals surface area contributed by atoms with Crippen LogP contribution in [0.2, 0.25) is 0 Å². The van der Waals surface area contributed by atoms with Gasteiger partial charge in [-0.2, -0.15) is 0 Å². The van der Waals surface area contributed by atoms with E-state index in [4.69, 9.17) is 0 Å². The van der Waals surface area contributed by atoms with Crippen LogP contribution in [0.4, 0.5) is 0 Å². The first kappa shape index (κ1) is 24.5. The molecule has 2 heteroatoms. The summed E-state index contributed by atoms with van der Waals surface area (Å²) < 4.78 is 14.6. The highest BCUT2D eigenvalue weighted by molar-refractivity contribution is 7.85. The molecule has 0 saturated heterocycles. The molecule has 3 unspecified atom stereocenters. The molecule has 0 aliphatic rings. The fourth-order valence-corrected chi connectivity index (χ4v) is 8.13. The van der Waals surface area contributed by atoms with Crippen LogP contribution in [0.3, 0.4) is 0 Å². The van der Waals surface area contributed by atoms with E-state index in [1.807, 2.05) is 60.7 Å². The zero-order chi connectivity index (χ0) is 23.0. The minimum Gasteiger partial charge on any atom is -0.309 e. The molecule has 0 heterocycles. The Hall–Kier alpha value is -2.11. The second-order valence-electron chi connectivity index (χ2n) is 8.92. The summed E-state index contributed by atoms with van der Waals surface area (Å²) in [5.74, 6) is 2.03. The van der Waals surface area contributed by atoms with Crippen molar-refractivity contribution in [3.05, 3.63) is 90.5 Å². The van der Waals surface area contributed by atoms with Crippen LogP contribution in [-0.2, 0) is 4.57 Å². The third kappa shape index (κ3) is 5.10. The van der Waals surface area contributed by atoms with E-state index in [0.717, 1.165) is 28.3 Å². The van der Waals surface area contributed by atoms with Crippen LogP contribution in [-0.4, -0.2) is 0 Å². The molecule has 3 rings (SSSR count). The summed E-state index contributed by atoms with van der Waals surface area (Å²) in [6, 6.07) is 28.7. The molecule has 0 amide bonds. The van der Waals surface area contributed by atoms with Gasteiger partial charge in [0.15, 0.2) is 7.14 Å². The van der Waals surface area contributed by atoms with Crippen molar-refractivity contribution in [1.82, 2.24) is 0 Å². The lowest BCUT2D eigenvalue weighted by Crippen LogP contribution is -2.25. The Balaban J connectivity index is 2.02. The lowest BCUT2D eigenvalue weighted by Gasteiger charge is -2.33. The third-order valence-corrected chi connectivity index (χ3v) is 10.2. The highest BCUT2D eigenvalue weighted by Gasteiger charge is 2.31. The molecule has 0 bridgehead atoms. The number of rotatable bonds is 11. The molecule has 0 aliphatic heterocycles. The minimum absolute atomic E-state index is 0.554. The minimum atomic E-state index is -2.90. The molecule has 3 aromatic rings. The normalized spacial score (nSPS) is 14.6. The van der Waals surface area contributed by atoms with Crippen LogP contribution in [0.1, 0.15) is 71.3 Å². The van der Waals surface area contributed by atoms with Crippen LogP contribution in [0.5, 0.6) is 0 Å². The van der Waals surface area contributed by atoms with Gasteiger partial charge in [-0.3, -0.25) is 0 Å². The standard InChI is InChI=1S/C30H39OP/c1-5-15-24(6-2)29(7-3)30(8-4)25-20-22-28(23-21-25)32(31,26-16-11-9-12-17-26)27-18-13-10-14-19-27/h9-14,16-24,29-30H,5-8,15H2,1-4H3. The second-order valence-corrected chi connectivity index (χ2v) is 11.7. The van der Waals surface area contributed by atoms with Gasteiger partial charge < -0.3 is 4.57 Å². The molecule has 1 nitrogen and oxygen atoms in total. The van der Waals surface area contributed by atoms with E-state index in [2.05, 4.69) is 52.0 Å². The highest BCUT2D eigenvalue weighted by atomic mass is 31.2. The van der Waals surface area contributed by atoms with Gasteiger partial charge in [0.2, 0.25) is 0 Å². The zero-order valence-electron chi connectivity index (χ0n) is 20.2. The lowest BCUT2D eigenvalue weighted by molar-refractivity contribution is 0.242. The average molecular weight is 447 g/mol. The molecule has 3 aromatic carbocycles. The first-order valence-electron chi connectivity index (χ1n) is 12.4. The first-order valence-corrected chi connectivity index (χ1v) is 14.1. The van der Waals surface area contributed by atoms with Crippen LogP contribution < -0.4 is 15.9 Å². The topological polar surface area (TPSA) is 17.1 Å². The molecule has 0 aromatic heterocycles. The van der Waals surface area contributed by atoms with Gasteiger partial charge >= 0.3 is 0 Å². The molecule has 0 saturated carbocycles. The van der Waals surface area contributed by atoms with Crippen LogP contribution >= 0.6 is 7.14 Å². The van der Waals surface area contributed by atoms with E-state index in [9.17, 15) is 4.57 Å². The van der Waals surface area contributed by atoms with Crippen molar-refractivity contribution >= 4 is 23.1 Å². The zero-order valence-corrected chi connectivity index (χ0v) is 21.1. The van der Waals surface area contributed by atoms with E-state index in [1.54, 1.807) is 0 Å². The van der Waals surface area contributed by atoms with E-state index in [0.29, 0.717) is 11.8 Å². The van der Waals surface area contributed by atoms with Gasteiger partial charge in [-0.15, -0.1) is 0 Å². The number of hydrogen-bond donors (Lipinski definition) is 0. The summed E-state index contributed by atoms with van der Waals surface area (Å²) in [5, 5.41) is 2.71. The van der Waals surface area contributed by atoms with Crippen molar-refractivity contribution in [3.8, 4) is 0 Å². The van der Waals surface area contributed by atoms with Crippen molar-refractivity contribution in [2.45, 2.75) is 65.7 Å². The Morgan fingerprint density at radius 3 is 1.53 bits per heavy atom. The van der Waals surface area contributed by atoms with Gasteiger partial charge in [0.1, 0.15) is 0 Å². The quantitative estimate of drug-likeness (QED) is 0.276. The average Bonchev–Trinajstić information content (AvgIpc) is 2.87. The SMILES string of the molecule is CCCC(CC)C(CC)C(CC)c1ccc(P(=O)(c2ccccc2)c2ccccc2)cc1. The monoisotopic (exact) mass is 446 g/mol. The molecule has 0 fully saturated rings. The van der Waals surface area contributed by atoms with Gasteiger partial charge in [0, 0.05) is 15.9 Å². The fourth-order valence-electron chi connectivity index (χ4n) is 5.48. The summed E-state index contributed by atoms with van der Waals surface area (Å²) >= 11 is 0. The predicted octanol–water partition coefficient (Wildman–Crippen LogP) is 7.67. The van der Waals surface area contributed by atoms with Crippen molar-refractivity contribution in [2.75, 3.05) is 0 Å². The van der Waals surface area contributed by atoms with Crippen LogP contribution in [0.25, 0.3) is 0 Å². The van der Waals surface area contributed by atoms with Crippen LogP contribution in [0.15, 0.2) is 84.9 Å². The van der Waals surface area contributed by atoms with Crippen molar-refractivity contribution < 1.29 is 4.57 Å². The van der Waals surface area contributed by atoms with E-state index < -0.39 is 7.14 Å². The largest absolute Gasteiger partial charge is 0.309 e. The van der Waals surface area contributed by atoms with E-state index >= 15 is 0 Å². The summed E-state index contributed by atoms with van der Waals surface area (Å²) in [6.45, 7) is 9.31. The van der Waals surface area contributed by atoms with Crippen molar-refractivity contribution in [2.24, 2.45) is 11.8 Å². The summed E-state index contributed by atoms with van der Waals surface area (Å²) in [5.41, 5.74) is 1.39. The van der Waals surface area contributed by atoms with E-state index in [-0.39, 0.29) is 0 Å². The van der Waals surface area contributed by atoms with Crippen molar-refractivity contribution in [3.63, 3.8) is 0 Å². The molecule has 0 N–H and O–H groups in total. The Kier molecular flexibility index (Phi) is 8.94. The van der Waals surface area contributed by atoms with Gasteiger partial charge in [-0.25, -0.2) is 0 Å². The molecular weight excluding hydrogens is 407 g/mol. The Bertz CT molecular complexity index is 935. The first-order chi connectivity index (χ1) is 15.6. The smallest absolute Gasteiger partial charge is 0.171 e. The second kappa shape index (κ2) is 11.7. The molecule has 0 spiro atoms. The third-order valence-electron chi connectivity index (χ3n) is 7.14. The summed E-state index contributed by atoms with van der Waals surface area (Å²) in [4.78, 5) is 0. The van der Waals surface area contributed by atoms with Gasteiger partial charge in [0.25, 0.3) is 0 Å². The number of benzene rings is 3. The summed E-state index contributed by atoms with van der Waals surface area (Å²) in [7, 11) is -2.90.